The molecule has 138 valence electrons. The Morgan fingerprint density at radius 3 is 2.15 bits per heavy atom. The molecule has 2 amide bonds. The average molecular weight is 356 g/mol. The van der Waals surface area contributed by atoms with E-state index in [-0.39, 0.29) is 23.7 Å². The molecule has 0 spiro atoms. The van der Waals surface area contributed by atoms with Crippen LogP contribution in [0.25, 0.3) is 0 Å². The third-order valence-corrected chi connectivity index (χ3v) is 5.50. The molecule has 3 rings (SSSR count). The van der Waals surface area contributed by atoms with Gasteiger partial charge >= 0.3 is 5.97 Å². The molecule has 26 heavy (non-hydrogen) atoms. The number of aliphatic carboxylic acids is 1. The summed E-state index contributed by atoms with van der Waals surface area (Å²) in [6.45, 7) is 5.14. The molecule has 2 aliphatic rings. The third kappa shape index (κ3) is 3.23. The molecule has 6 nitrogen and oxygen atoms in total. The summed E-state index contributed by atoms with van der Waals surface area (Å²) >= 11 is 0. The molecule has 1 saturated carbocycles. The van der Waals surface area contributed by atoms with E-state index in [2.05, 4.69) is 5.32 Å². The minimum Gasteiger partial charge on any atom is -0.481 e. The van der Waals surface area contributed by atoms with E-state index >= 15 is 0 Å². The largest absolute Gasteiger partial charge is 0.481 e. The fourth-order valence-electron chi connectivity index (χ4n) is 4.13. The topological polar surface area (TPSA) is 86.7 Å². The molecule has 2 bridgehead atoms. The van der Waals surface area contributed by atoms with Gasteiger partial charge in [0.05, 0.1) is 11.8 Å². The first-order chi connectivity index (χ1) is 12.5. The maximum Gasteiger partial charge on any atom is 0.307 e. The van der Waals surface area contributed by atoms with Crippen LogP contribution in [0.2, 0.25) is 0 Å². The second-order valence-corrected chi connectivity index (χ2v) is 6.88. The number of anilines is 1. The van der Waals surface area contributed by atoms with Gasteiger partial charge in [0.2, 0.25) is 5.91 Å². The van der Waals surface area contributed by atoms with Gasteiger partial charge < -0.3 is 15.3 Å². The lowest BCUT2D eigenvalue weighted by Gasteiger charge is -2.24. The molecule has 0 saturated heterocycles. The predicted molar refractivity (Wildman–Crippen MR) is 97.7 cm³/mol. The van der Waals surface area contributed by atoms with Crippen molar-refractivity contribution in [2.24, 2.45) is 23.7 Å². The van der Waals surface area contributed by atoms with Gasteiger partial charge in [0.15, 0.2) is 0 Å². The van der Waals surface area contributed by atoms with E-state index in [4.69, 9.17) is 0 Å². The summed E-state index contributed by atoms with van der Waals surface area (Å²) < 4.78 is 0. The minimum absolute atomic E-state index is 0.00961. The summed E-state index contributed by atoms with van der Waals surface area (Å²) in [5.74, 6) is -2.49. The van der Waals surface area contributed by atoms with Gasteiger partial charge in [-0.2, -0.15) is 0 Å². The summed E-state index contributed by atoms with van der Waals surface area (Å²) in [6.07, 6.45) is 4.60. The molecular formula is C20H24N2O4. The molecule has 4 atom stereocenters. The Morgan fingerprint density at radius 1 is 1.04 bits per heavy atom. The molecule has 0 aromatic heterocycles. The van der Waals surface area contributed by atoms with Gasteiger partial charge in [-0.25, -0.2) is 0 Å². The van der Waals surface area contributed by atoms with E-state index in [1.54, 1.807) is 29.2 Å². The molecule has 2 N–H and O–H groups in total. The molecule has 1 fully saturated rings. The van der Waals surface area contributed by atoms with Gasteiger partial charge in [-0.1, -0.05) is 12.2 Å². The summed E-state index contributed by atoms with van der Waals surface area (Å²) in [5, 5.41) is 12.3. The highest BCUT2D eigenvalue weighted by molar-refractivity contribution is 5.98. The molecule has 4 unspecified atom stereocenters. The molecule has 1 aromatic rings. The van der Waals surface area contributed by atoms with Crippen LogP contribution in [-0.4, -0.2) is 40.9 Å². The molecule has 1 aromatic carbocycles. The Morgan fingerprint density at radius 2 is 1.62 bits per heavy atom. The molecule has 2 aliphatic carbocycles. The Balaban J connectivity index is 1.69. The van der Waals surface area contributed by atoms with Gasteiger partial charge in [-0.15, -0.1) is 0 Å². The number of carboxylic acid groups (broad SMARTS) is 1. The molecule has 0 heterocycles. The van der Waals surface area contributed by atoms with Gasteiger partial charge in [0, 0.05) is 24.3 Å². The van der Waals surface area contributed by atoms with E-state index in [0.29, 0.717) is 24.3 Å². The summed E-state index contributed by atoms with van der Waals surface area (Å²) in [4.78, 5) is 38.2. The van der Waals surface area contributed by atoms with Gasteiger partial charge in [-0.05, 0) is 56.4 Å². The highest BCUT2D eigenvalue weighted by atomic mass is 16.4. The van der Waals surface area contributed by atoms with Crippen LogP contribution in [0.15, 0.2) is 36.4 Å². The SMILES string of the molecule is CCN(CC)C(=O)c1ccc(NC(=O)C2C3C=CC(C3)C2C(=O)O)cc1. The van der Waals surface area contributed by atoms with Crippen LogP contribution in [0, 0.1) is 23.7 Å². The number of rotatable bonds is 6. The smallest absolute Gasteiger partial charge is 0.307 e. The van der Waals surface area contributed by atoms with Crippen LogP contribution in [0.3, 0.4) is 0 Å². The number of benzene rings is 1. The van der Waals surface area contributed by atoms with E-state index in [1.165, 1.54) is 0 Å². The first-order valence-electron chi connectivity index (χ1n) is 9.07. The second-order valence-electron chi connectivity index (χ2n) is 6.88. The van der Waals surface area contributed by atoms with Crippen molar-refractivity contribution < 1.29 is 19.5 Å². The Labute approximate surface area is 152 Å². The van der Waals surface area contributed by atoms with E-state index < -0.39 is 17.8 Å². The quantitative estimate of drug-likeness (QED) is 0.767. The van der Waals surface area contributed by atoms with Crippen molar-refractivity contribution in [3.05, 3.63) is 42.0 Å². The predicted octanol–water partition coefficient (Wildman–Crippen LogP) is 2.63. The lowest BCUT2D eigenvalue weighted by Crippen LogP contribution is -2.36. The number of hydrogen-bond acceptors (Lipinski definition) is 3. The molecule has 0 aliphatic heterocycles. The van der Waals surface area contributed by atoms with Crippen molar-refractivity contribution >= 4 is 23.5 Å². The van der Waals surface area contributed by atoms with Crippen LogP contribution in [-0.2, 0) is 9.59 Å². The van der Waals surface area contributed by atoms with Gasteiger partial charge in [-0.3, -0.25) is 14.4 Å². The van der Waals surface area contributed by atoms with Crippen LogP contribution in [0.5, 0.6) is 0 Å². The van der Waals surface area contributed by atoms with Crippen LogP contribution < -0.4 is 5.32 Å². The van der Waals surface area contributed by atoms with Crippen LogP contribution in [0.1, 0.15) is 30.6 Å². The van der Waals surface area contributed by atoms with Crippen molar-refractivity contribution in [1.82, 2.24) is 4.90 Å². The standard InChI is InChI=1S/C20H24N2O4/c1-3-22(4-2)19(24)12-7-9-15(10-8-12)21-18(23)16-13-5-6-14(11-13)17(16)20(25)26/h5-10,13-14,16-17H,3-4,11H2,1-2H3,(H,21,23)(H,25,26). The lowest BCUT2D eigenvalue weighted by molar-refractivity contribution is -0.146. The number of hydrogen-bond donors (Lipinski definition) is 2. The fourth-order valence-corrected chi connectivity index (χ4v) is 4.13. The first kappa shape index (κ1) is 18.2. The average Bonchev–Trinajstić information content (AvgIpc) is 3.24. The van der Waals surface area contributed by atoms with E-state index in [0.717, 1.165) is 6.42 Å². The Bertz CT molecular complexity index is 737. The number of carboxylic acids is 1. The first-order valence-corrected chi connectivity index (χ1v) is 9.07. The maximum absolute atomic E-state index is 12.7. The zero-order valence-corrected chi connectivity index (χ0v) is 15.0. The molecule has 6 heteroatoms. The Hall–Kier alpha value is -2.63. The van der Waals surface area contributed by atoms with Crippen molar-refractivity contribution in [2.45, 2.75) is 20.3 Å². The number of fused-ring (bicyclic) bond motifs is 2. The number of nitrogens with one attached hydrogen (secondary N) is 1. The number of amides is 2. The summed E-state index contributed by atoms with van der Waals surface area (Å²) in [6, 6.07) is 6.75. The maximum atomic E-state index is 12.7. The Kier molecular flexibility index (Phi) is 5.11. The number of nitrogens with zero attached hydrogens (tertiary/aromatic N) is 1. The number of allylic oxidation sites excluding steroid dienone is 2. The van der Waals surface area contributed by atoms with Crippen molar-refractivity contribution in [2.75, 3.05) is 18.4 Å². The summed E-state index contributed by atoms with van der Waals surface area (Å²) in [7, 11) is 0. The monoisotopic (exact) mass is 356 g/mol. The van der Waals surface area contributed by atoms with Crippen LogP contribution in [0.4, 0.5) is 5.69 Å². The molecular weight excluding hydrogens is 332 g/mol. The van der Waals surface area contributed by atoms with Crippen molar-refractivity contribution in [3.63, 3.8) is 0 Å². The van der Waals surface area contributed by atoms with Crippen molar-refractivity contribution in [3.8, 4) is 0 Å². The molecule has 0 radical (unpaired) electrons. The zero-order chi connectivity index (χ0) is 18.8. The highest BCUT2D eigenvalue weighted by Gasteiger charge is 2.51. The van der Waals surface area contributed by atoms with Crippen molar-refractivity contribution in [1.29, 1.82) is 0 Å². The second kappa shape index (κ2) is 7.32. The minimum atomic E-state index is -0.915. The number of carbonyl (C=O) groups excluding carboxylic acids is 2. The highest BCUT2D eigenvalue weighted by Crippen LogP contribution is 2.48. The zero-order valence-electron chi connectivity index (χ0n) is 15.0. The number of carbonyl (C=O) groups is 3. The lowest BCUT2D eigenvalue weighted by atomic mass is 9.82. The van der Waals surface area contributed by atoms with Gasteiger partial charge in [0.1, 0.15) is 0 Å². The van der Waals surface area contributed by atoms with E-state index in [1.807, 2.05) is 26.0 Å². The van der Waals surface area contributed by atoms with E-state index in [9.17, 15) is 19.5 Å². The van der Waals surface area contributed by atoms with Gasteiger partial charge in [0.25, 0.3) is 5.91 Å². The van der Waals surface area contributed by atoms with Crippen LogP contribution >= 0.6 is 0 Å². The summed E-state index contributed by atoms with van der Waals surface area (Å²) in [5.41, 5.74) is 1.14. The third-order valence-electron chi connectivity index (χ3n) is 5.50. The normalized spacial score (nSPS) is 25.9. The fraction of sp³-hybridized carbons (Fsp3) is 0.450.